The predicted molar refractivity (Wildman–Crippen MR) is 59.9 cm³/mol. The monoisotopic (exact) mass is 287 g/mol. The number of fused-ring (bicyclic) bond motifs is 1. The maximum absolute atomic E-state index is 14.1. The number of ether oxygens (including phenoxy) is 2. The Morgan fingerprint density at radius 1 is 1.38 bits per heavy atom. The van der Waals surface area contributed by atoms with E-state index in [0.717, 1.165) is 19.3 Å². The number of halogens is 2. The van der Waals surface area contributed by atoms with Crippen molar-refractivity contribution in [1.29, 1.82) is 0 Å². The van der Waals surface area contributed by atoms with Gasteiger partial charge in [-0.2, -0.15) is 0 Å². The number of hydrogen-bond acceptors (Lipinski definition) is 3. The molecular formula is C11H11BrFNO2. The zero-order valence-electron chi connectivity index (χ0n) is 8.56. The molecule has 0 amide bonds. The lowest BCUT2D eigenvalue weighted by molar-refractivity contribution is 0.167. The van der Waals surface area contributed by atoms with Crippen molar-refractivity contribution in [3.05, 3.63) is 21.9 Å². The Morgan fingerprint density at radius 2 is 2.12 bits per heavy atom. The van der Waals surface area contributed by atoms with Gasteiger partial charge in [0, 0.05) is 11.6 Å². The van der Waals surface area contributed by atoms with Gasteiger partial charge in [0.15, 0.2) is 11.5 Å². The van der Waals surface area contributed by atoms with Crippen LogP contribution in [0.15, 0.2) is 10.5 Å². The summed E-state index contributed by atoms with van der Waals surface area (Å²) in [6.07, 6.45) is 2.60. The second-order valence-electron chi connectivity index (χ2n) is 4.29. The molecule has 1 aliphatic carbocycles. The predicted octanol–water partition coefficient (Wildman–Crippen LogP) is 2.65. The van der Waals surface area contributed by atoms with Crippen molar-refractivity contribution >= 4 is 15.9 Å². The first kappa shape index (κ1) is 10.4. The van der Waals surface area contributed by atoms with Crippen LogP contribution >= 0.6 is 15.9 Å². The lowest BCUT2D eigenvalue weighted by Gasteiger charge is -2.39. The van der Waals surface area contributed by atoms with Gasteiger partial charge >= 0.3 is 0 Å². The van der Waals surface area contributed by atoms with E-state index in [4.69, 9.17) is 15.2 Å². The van der Waals surface area contributed by atoms with Gasteiger partial charge in [-0.25, -0.2) is 4.39 Å². The highest BCUT2D eigenvalue weighted by molar-refractivity contribution is 9.10. The number of nitrogens with two attached hydrogens (primary N) is 1. The maximum atomic E-state index is 14.1. The third kappa shape index (κ3) is 1.28. The van der Waals surface area contributed by atoms with Gasteiger partial charge in [-0.15, -0.1) is 0 Å². The molecule has 5 heteroatoms. The lowest BCUT2D eigenvalue weighted by Crippen LogP contribution is -2.44. The topological polar surface area (TPSA) is 44.5 Å². The summed E-state index contributed by atoms with van der Waals surface area (Å²) in [5.74, 6) is 0.717. The van der Waals surface area contributed by atoms with Crippen LogP contribution in [0.3, 0.4) is 0 Å². The molecule has 0 aromatic heterocycles. The van der Waals surface area contributed by atoms with Gasteiger partial charge < -0.3 is 15.2 Å². The van der Waals surface area contributed by atoms with E-state index in [2.05, 4.69) is 15.9 Å². The van der Waals surface area contributed by atoms with Crippen LogP contribution in [0.2, 0.25) is 0 Å². The molecule has 0 radical (unpaired) electrons. The Hall–Kier alpha value is -0.810. The largest absolute Gasteiger partial charge is 0.454 e. The summed E-state index contributed by atoms with van der Waals surface area (Å²) in [6.45, 7) is 0.133. The first-order chi connectivity index (χ1) is 7.62. The Balaban J connectivity index is 2.22. The van der Waals surface area contributed by atoms with Crippen LogP contribution in [0.1, 0.15) is 24.8 Å². The molecule has 0 atom stereocenters. The van der Waals surface area contributed by atoms with E-state index in [1.54, 1.807) is 6.07 Å². The van der Waals surface area contributed by atoms with E-state index in [9.17, 15) is 4.39 Å². The molecule has 0 spiro atoms. The normalized spacial score (nSPS) is 20.7. The number of benzene rings is 1. The van der Waals surface area contributed by atoms with Crippen molar-refractivity contribution in [2.75, 3.05) is 6.79 Å². The highest BCUT2D eigenvalue weighted by Gasteiger charge is 2.42. The molecule has 86 valence electrons. The van der Waals surface area contributed by atoms with E-state index in [0.29, 0.717) is 21.5 Å². The average Bonchev–Trinajstić information content (AvgIpc) is 2.63. The van der Waals surface area contributed by atoms with E-state index in [1.807, 2.05) is 0 Å². The molecule has 16 heavy (non-hydrogen) atoms. The van der Waals surface area contributed by atoms with Crippen molar-refractivity contribution in [2.24, 2.45) is 5.73 Å². The summed E-state index contributed by atoms with van der Waals surface area (Å²) < 4.78 is 25.1. The van der Waals surface area contributed by atoms with Gasteiger partial charge in [0.25, 0.3) is 0 Å². The number of hydrogen-bond donors (Lipinski definition) is 1. The van der Waals surface area contributed by atoms with Crippen LogP contribution < -0.4 is 15.2 Å². The van der Waals surface area contributed by atoms with Crippen molar-refractivity contribution in [3.63, 3.8) is 0 Å². The highest BCUT2D eigenvalue weighted by Crippen LogP contribution is 2.50. The summed E-state index contributed by atoms with van der Waals surface area (Å²) in [5.41, 5.74) is 6.04. The van der Waals surface area contributed by atoms with Gasteiger partial charge in [0.1, 0.15) is 5.82 Å². The van der Waals surface area contributed by atoms with Gasteiger partial charge in [0.2, 0.25) is 6.79 Å². The number of rotatable bonds is 1. The van der Waals surface area contributed by atoms with Crippen LogP contribution in [-0.2, 0) is 5.54 Å². The Morgan fingerprint density at radius 3 is 2.75 bits per heavy atom. The quantitative estimate of drug-likeness (QED) is 0.864. The zero-order chi connectivity index (χ0) is 11.3. The average molecular weight is 288 g/mol. The van der Waals surface area contributed by atoms with Crippen molar-refractivity contribution in [3.8, 4) is 11.5 Å². The first-order valence-electron chi connectivity index (χ1n) is 5.19. The molecule has 0 bridgehead atoms. The SMILES string of the molecule is NC1(c2c(F)c(Br)cc3c2OCO3)CCC1. The van der Waals surface area contributed by atoms with Crippen molar-refractivity contribution in [2.45, 2.75) is 24.8 Å². The summed E-state index contributed by atoms with van der Waals surface area (Å²) in [6, 6.07) is 1.59. The molecule has 0 saturated heterocycles. The Bertz CT molecular complexity index is 460. The minimum Gasteiger partial charge on any atom is -0.454 e. The maximum Gasteiger partial charge on any atom is 0.231 e. The molecule has 2 N–H and O–H groups in total. The molecule has 1 aromatic rings. The van der Waals surface area contributed by atoms with Crippen molar-refractivity contribution in [1.82, 2.24) is 0 Å². The van der Waals surface area contributed by atoms with Gasteiger partial charge in [0.05, 0.1) is 10.0 Å². The zero-order valence-corrected chi connectivity index (χ0v) is 10.1. The lowest BCUT2D eigenvalue weighted by atomic mass is 9.72. The molecule has 1 saturated carbocycles. The molecule has 1 aliphatic heterocycles. The summed E-state index contributed by atoms with van der Waals surface area (Å²) >= 11 is 3.18. The fraction of sp³-hybridized carbons (Fsp3) is 0.455. The van der Waals surface area contributed by atoms with Crippen molar-refractivity contribution < 1.29 is 13.9 Å². The van der Waals surface area contributed by atoms with Gasteiger partial charge in [-0.05, 0) is 35.2 Å². The van der Waals surface area contributed by atoms with Crippen LogP contribution in [0.5, 0.6) is 11.5 Å². The Labute approximate surface area is 101 Å². The van der Waals surface area contributed by atoms with E-state index >= 15 is 0 Å². The minimum absolute atomic E-state index is 0.133. The van der Waals surface area contributed by atoms with Crippen LogP contribution in [0.25, 0.3) is 0 Å². The highest BCUT2D eigenvalue weighted by atomic mass is 79.9. The third-order valence-corrected chi connectivity index (χ3v) is 3.88. The van der Waals surface area contributed by atoms with Crippen LogP contribution in [0.4, 0.5) is 4.39 Å². The van der Waals surface area contributed by atoms with E-state index < -0.39 is 5.54 Å². The standard InChI is InChI=1S/C11H11BrFNO2/c12-6-4-7-10(16-5-15-7)8(9(6)13)11(14)2-1-3-11/h4H,1-3,5,14H2. The third-order valence-electron chi connectivity index (χ3n) is 3.30. The minimum atomic E-state index is -0.592. The summed E-state index contributed by atoms with van der Waals surface area (Å²) in [7, 11) is 0. The molecule has 3 rings (SSSR count). The molecular weight excluding hydrogens is 277 g/mol. The first-order valence-corrected chi connectivity index (χ1v) is 5.98. The fourth-order valence-electron chi connectivity index (χ4n) is 2.24. The van der Waals surface area contributed by atoms with Gasteiger partial charge in [-0.3, -0.25) is 0 Å². The Kier molecular flexibility index (Phi) is 2.16. The molecule has 3 nitrogen and oxygen atoms in total. The molecule has 1 aromatic carbocycles. The fourth-order valence-corrected chi connectivity index (χ4v) is 2.65. The molecule has 2 aliphatic rings. The van der Waals surface area contributed by atoms with E-state index in [-0.39, 0.29) is 12.6 Å². The molecule has 1 fully saturated rings. The molecule has 1 heterocycles. The van der Waals surface area contributed by atoms with Crippen LogP contribution in [0, 0.1) is 5.82 Å². The molecule has 0 unspecified atom stereocenters. The second-order valence-corrected chi connectivity index (χ2v) is 5.15. The second kappa shape index (κ2) is 3.34. The van der Waals surface area contributed by atoms with E-state index in [1.165, 1.54) is 0 Å². The van der Waals surface area contributed by atoms with Crippen LogP contribution in [-0.4, -0.2) is 6.79 Å². The summed E-state index contributed by atoms with van der Waals surface area (Å²) in [4.78, 5) is 0. The van der Waals surface area contributed by atoms with Gasteiger partial charge in [-0.1, -0.05) is 0 Å². The smallest absolute Gasteiger partial charge is 0.231 e. The summed E-state index contributed by atoms with van der Waals surface area (Å²) in [5, 5.41) is 0.